The molecule has 3 amide bonds. The molecule has 0 aliphatic carbocycles. The second-order valence-electron chi connectivity index (χ2n) is 8.01. The SMILES string of the molecule is CC(C)(C)C(=O)N1CCN(CC(=O)NCCCN2CCCC2=O)CC1. The predicted molar refractivity (Wildman–Crippen MR) is 95.9 cm³/mol. The average molecular weight is 352 g/mol. The second-order valence-corrected chi connectivity index (χ2v) is 8.01. The first-order valence-electron chi connectivity index (χ1n) is 9.33. The van der Waals surface area contributed by atoms with Gasteiger partial charge in [-0.2, -0.15) is 0 Å². The lowest BCUT2D eigenvalue weighted by atomic mass is 9.94. The van der Waals surface area contributed by atoms with E-state index in [1.54, 1.807) is 0 Å². The standard InChI is InChI=1S/C18H32N4O3/c1-18(2,3)17(25)22-12-10-20(11-13-22)14-15(23)19-7-5-9-21-8-4-6-16(21)24/h4-14H2,1-3H3,(H,19,23). The van der Waals surface area contributed by atoms with Crippen molar-refractivity contribution in [1.82, 2.24) is 20.0 Å². The van der Waals surface area contributed by atoms with Crippen molar-refractivity contribution in [1.29, 1.82) is 0 Å². The van der Waals surface area contributed by atoms with Gasteiger partial charge in [0.2, 0.25) is 17.7 Å². The van der Waals surface area contributed by atoms with Gasteiger partial charge >= 0.3 is 0 Å². The maximum atomic E-state index is 12.3. The normalized spacial score (nSPS) is 19.4. The van der Waals surface area contributed by atoms with Gasteiger partial charge < -0.3 is 15.1 Å². The summed E-state index contributed by atoms with van der Waals surface area (Å²) in [5.41, 5.74) is -0.351. The minimum absolute atomic E-state index is 0.0170. The van der Waals surface area contributed by atoms with E-state index >= 15 is 0 Å². The van der Waals surface area contributed by atoms with Gasteiger partial charge in [0.15, 0.2) is 0 Å². The fraction of sp³-hybridized carbons (Fsp3) is 0.833. The number of nitrogens with one attached hydrogen (secondary N) is 1. The van der Waals surface area contributed by atoms with E-state index in [9.17, 15) is 14.4 Å². The first-order valence-corrected chi connectivity index (χ1v) is 9.33. The van der Waals surface area contributed by atoms with Crippen LogP contribution < -0.4 is 5.32 Å². The summed E-state index contributed by atoms with van der Waals surface area (Å²) >= 11 is 0. The molecule has 25 heavy (non-hydrogen) atoms. The molecule has 2 aliphatic heterocycles. The topological polar surface area (TPSA) is 73.0 Å². The van der Waals surface area contributed by atoms with Crippen molar-refractivity contribution < 1.29 is 14.4 Å². The van der Waals surface area contributed by atoms with E-state index in [0.717, 1.165) is 39.0 Å². The van der Waals surface area contributed by atoms with E-state index in [2.05, 4.69) is 10.2 Å². The first-order chi connectivity index (χ1) is 11.8. The lowest BCUT2D eigenvalue weighted by Crippen LogP contribution is -2.53. The highest BCUT2D eigenvalue weighted by molar-refractivity contribution is 5.82. The molecule has 2 aliphatic rings. The van der Waals surface area contributed by atoms with Crippen LogP contribution >= 0.6 is 0 Å². The van der Waals surface area contributed by atoms with Crippen molar-refractivity contribution in [2.24, 2.45) is 5.41 Å². The fourth-order valence-corrected chi connectivity index (χ4v) is 3.28. The summed E-state index contributed by atoms with van der Waals surface area (Å²) in [5, 5.41) is 2.93. The van der Waals surface area contributed by atoms with Crippen LogP contribution in [0.2, 0.25) is 0 Å². The van der Waals surface area contributed by atoms with Crippen LogP contribution in [0, 0.1) is 5.41 Å². The van der Waals surface area contributed by atoms with Gasteiger partial charge in [0, 0.05) is 57.6 Å². The van der Waals surface area contributed by atoms with Gasteiger partial charge in [0.05, 0.1) is 6.54 Å². The van der Waals surface area contributed by atoms with Gasteiger partial charge in [-0.25, -0.2) is 0 Å². The van der Waals surface area contributed by atoms with Crippen molar-refractivity contribution in [2.45, 2.75) is 40.0 Å². The summed E-state index contributed by atoms with van der Waals surface area (Å²) in [6.45, 7) is 11.2. The van der Waals surface area contributed by atoms with Gasteiger partial charge in [-0.1, -0.05) is 20.8 Å². The Morgan fingerprint density at radius 3 is 2.32 bits per heavy atom. The molecule has 7 heteroatoms. The van der Waals surface area contributed by atoms with Crippen LogP contribution in [0.25, 0.3) is 0 Å². The van der Waals surface area contributed by atoms with E-state index < -0.39 is 0 Å². The summed E-state index contributed by atoms with van der Waals surface area (Å²) in [6, 6.07) is 0. The molecular formula is C18H32N4O3. The molecule has 2 saturated heterocycles. The molecule has 2 fully saturated rings. The zero-order chi connectivity index (χ0) is 18.4. The monoisotopic (exact) mass is 352 g/mol. The highest BCUT2D eigenvalue weighted by Gasteiger charge is 2.30. The van der Waals surface area contributed by atoms with E-state index in [-0.39, 0.29) is 23.1 Å². The average Bonchev–Trinajstić information content (AvgIpc) is 2.96. The molecule has 2 heterocycles. The van der Waals surface area contributed by atoms with E-state index in [1.807, 2.05) is 30.6 Å². The van der Waals surface area contributed by atoms with Crippen LogP contribution in [0.1, 0.15) is 40.0 Å². The Morgan fingerprint density at radius 1 is 1.08 bits per heavy atom. The van der Waals surface area contributed by atoms with Gasteiger partial charge in [-0.15, -0.1) is 0 Å². The Bertz CT molecular complexity index is 493. The maximum Gasteiger partial charge on any atom is 0.234 e. The minimum Gasteiger partial charge on any atom is -0.355 e. The number of likely N-dealkylation sites (tertiary alicyclic amines) is 1. The summed E-state index contributed by atoms with van der Waals surface area (Å²) in [7, 11) is 0. The summed E-state index contributed by atoms with van der Waals surface area (Å²) in [5.74, 6) is 0.422. The number of carbonyl (C=O) groups excluding carboxylic acids is 3. The Kier molecular flexibility index (Phi) is 6.81. The molecule has 0 atom stereocenters. The number of nitrogens with zero attached hydrogens (tertiary/aromatic N) is 3. The molecule has 0 aromatic heterocycles. The van der Waals surface area contributed by atoms with Crippen LogP contribution in [0.5, 0.6) is 0 Å². The molecule has 142 valence electrons. The first kappa shape index (κ1) is 19.7. The molecule has 0 bridgehead atoms. The molecule has 0 unspecified atom stereocenters. The number of carbonyl (C=O) groups is 3. The van der Waals surface area contributed by atoms with Crippen LogP contribution in [0.15, 0.2) is 0 Å². The number of amides is 3. The van der Waals surface area contributed by atoms with Crippen LogP contribution in [0.4, 0.5) is 0 Å². The molecule has 2 rings (SSSR count). The number of hydrogen-bond donors (Lipinski definition) is 1. The maximum absolute atomic E-state index is 12.3. The van der Waals surface area contributed by atoms with Crippen LogP contribution in [-0.2, 0) is 14.4 Å². The van der Waals surface area contributed by atoms with Crippen LogP contribution in [-0.4, -0.2) is 84.8 Å². The second kappa shape index (κ2) is 8.65. The van der Waals surface area contributed by atoms with Gasteiger partial charge in [0.1, 0.15) is 0 Å². The Morgan fingerprint density at radius 2 is 1.76 bits per heavy atom. The van der Waals surface area contributed by atoms with E-state index in [4.69, 9.17) is 0 Å². The molecule has 0 aromatic carbocycles. The molecule has 0 radical (unpaired) electrons. The minimum atomic E-state index is -0.351. The quantitative estimate of drug-likeness (QED) is 0.698. The third kappa shape index (κ3) is 5.99. The number of rotatable bonds is 6. The lowest BCUT2D eigenvalue weighted by Gasteiger charge is -2.37. The Hall–Kier alpha value is -1.63. The van der Waals surface area contributed by atoms with Crippen molar-refractivity contribution in [3.05, 3.63) is 0 Å². The molecular weight excluding hydrogens is 320 g/mol. The van der Waals surface area contributed by atoms with Gasteiger partial charge in [0.25, 0.3) is 0 Å². The van der Waals surface area contributed by atoms with E-state index in [1.165, 1.54) is 0 Å². The largest absolute Gasteiger partial charge is 0.355 e. The highest BCUT2D eigenvalue weighted by Crippen LogP contribution is 2.18. The van der Waals surface area contributed by atoms with Crippen LogP contribution in [0.3, 0.4) is 0 Å². The molecule has 1 N–H and O–H groups in total. The molecule has 7 nitrogen and oxygen atoms in total. The highest BCUT2D eigenvalue weighted by atomic mass is 16.2. The molecule has 0 aromatic rings. The predicted octanol–water partition coefficient (Wildman–Crippen LogP) is 0.305. The molecule has 0 saturated carbocycles. The fourth-order valence-electron chi connectivity index (χ4n) is 3.28. The number of piperazine rings is 1. The zero-order valence-corrected chi connectivity index (χ0v) is 15.8. The summed E-state index contributed by atoms with van der Waals surface area (Å²) in [4.78, 5) is 41.6. The summed E-state index contributed by atoms with van der Waals surface area (Å²) in [6.07, 6.45) is 2.41. The van der Waals surface area contributed by atoms with Gasteiger partial charge in [-0.3, -0.25) is 19.3 Å². The van der Waals surface area contributed by atoms with Crippen molar-refractivity contribution >= 4 is 17.7 Å². The van der Waals surface area contributed by atoms with Crippen molar-refractivity contribution in [2.75, 3.05) is 52.4 Å². The van der Waals surface area contributed by atoms with Crippen molar-refractivity contribution in [3.8, 4) is 0 Å². The van der Waals surface area contributed by atoms with Gasteiger partial charge in [-0.05, 0) is 12.8 Å². The number of hydrogen-bond acceptors (Lipinski definition) is 4. The third-order valence-electron chi connectivity index (χ3n) is 4.77. The lowest BCUT2D eigenvalue weighted by molar-refractivity contribution is -0.141. The molecule has 0 spiro atoms. The Balaban J connectivity index is 1.59. The Labute approximate surface area is 150 Å². The smallest absolute Gasteiger partial charge is 0.234 e. The van der Waals surface area contributed by atoms with E-state index in [0.29, 0.717) is 32.6 Å². The third-order valence-corrected chi connectivity index (χ3v) is 4.77. The zero-order valence-electron chi connectivity index (χ0n) is 15.8. The summed E-state index contributed by atoms with van der Waals surface area (Å²) < 4.78 is 0. The van der Waals surface area contributed by atoms with Crippen molar-refractivity contribution in [3.63, 3.8) is 0 Å².